The number of sulfonamides is 1. The van der Waals surface area contributed by atoms with Crippen molar-refractivity contribution in [2.24, 2.45) is 5.14 Å². The fraction of sp³-hybridized carbons (Fsp3) is 0.222. The molecule has 7 nitrogen and oxygen atoms in total. The van der Waals surface area contributed by atoms with E-state index in [9.17, 15) is 8.42 Å². The van der Waals surface area contributed by atoms with Crippen molar-refractivity contribution in [2.75, 3.05) is 0 Å². The zero-order valence-corrected chi connectivity index (χ0v) is 9.71. The summed E-state index contributed by atoms with van der Waals surface area (Å²) in [6.07, 6.45) is 2.24. The molecular weight excluding hydrogens is 242 g/mol. The van der Waals surface area contributed by atoms with Crippen LogP contribution in [0.3, 0.4) is 0 Å². The number of hydrogen-bond acceptors (Lipinski definition) is 5. The highest BCUT2D eigenvalue weighted by atomic mass is 32.2. The first-order valence-electron chi connectivity index (χ1n) is 4.88. The molecule has 0 aliphatic rings. The van der Waals surface area contributed by atoms with Gasteiger partial charge in [0.1, 0.15) is 6.33 Å². The molecule has 1 aromatic carbocycles. The average molecular weight is 253 g/mol. The first-order chi connectivity index (χ1) is 8.05. The van der Waals surface area contributed by atoms with Gasteiger partial charge in [0.05, 0.1) is 4.90 Å². The molecular formula is C9H11N5O2S. The van der Waals surface area contributed by atoms with Crippen LogP contribution < -0.4 is 5.14 Å². The number of benzene rings is 1. The zero-order valence-electron chi connectivity index (χ0n) is 8.89. The van der Waals surface area contributed by atoms with E-state index in [4.69, 9.17) is 5.14 Å². The van der Waals surface area contributed by atoms with E-state index >= 15 is 0 Å². The molecule has 1 aromatic heterocycles. The molecule has 2 aromatic rings. The lowest BCUT2D eigenvalue weighted by molar-refractivity contribution is 0.588. The predicted molar refractivity (Wildman–Crippen MR) is 59.3 cm³/mol. The summed E-state index contributed by atoms with van der Waals surface area (Å²) in [5.74, 6) is 0. The minimum atomic E-state index is -3.62. The van der Waals surface area contributed by atoms with Gasteiger partial charge in [-0.25, -0.2) is 18.2 Å². The summed E-state index contributed by atoms with van der Waals surface area (Å²) in [6.45, 7) is 0.641. The molecule has 0 saturated carbocycles. The van der Waals surface area contributed by atoms with Gasteiger partial charge in [-0.15, -0.1) is 5.10 Å². The summed E-state index contributed by atoms with van der Waals surface area (Å²) < 4.78 is 23.7. The fourth-order valence-corrected chi connectivity index (χ4v) is 1.89. The average Bonchev–Trinajstić information content (AvgIpc) is 2.78. The van der Waals surface area contributed by atoms with E-state index in [0.29, 0.717) is 6.54 Å². The molecule has 0 aliphatic carbocycles. The molecule has 0 spiro atoms. The number of rotatable bonds is 4. The van der Waals surface area contributed by atoms with Crippen LogP contribution in [0.1, 0.15) is 5.56 Å². The van der Waals surface area contributed by atoms with Crippen molar-refractivity contribution in [1.82, 2.24) is 20.2 Å². The highest BCUT2D eigenvalue weighted by Gasteiger charge is 2.06. The van der Waals surface area contributed by atoms with Gasteiger partial charge in [-0.2, -0.15) is 0 Å². The summed E-state index contributed by atoms with van der Waals surface area (Å²) in [5.41, 5.74) is 0.993. The Morgan fingerprint density at radius 2 is 1.94 bits per heavy atom. The van der Waals surface area contributed by atoms with Gasteiger partial charge in [-0.1, -0.05) is 12.1 Å². The molecule has 0 aliphatic heterocycles. The second kappa shape index (κ2) is 4.60. The van der Waals surface area contributed by atoms with E-state index in [1.165, 1.54) is 18.5 Å². The van der Waals surface area contributed by atoms with E-state index in [-0.39, 0.29) is 4.90 Å². The number of nitrogens with two attached hydrogens (primary N) is 1. The van der Waals surface area contributed by atoms with Crippen LogP contribution >= 0.6 is 0 Å². The third-order valence-corrected chi connectivity index (χ3v) is 3.20. The van der Waals surface area contributed by atoms with Gasteiger partial charge in [0, 0.05) is 6.54 Å². The molecule has 0 amide bonds. The van der Waals surface area contributed by atoms with E-state index in [2.05, 4.69) is 15.5 Å². The molecule has 2 rings (SSSR count). The van der Waals surface area contributed by atoms with Crippen molar-refractivity contribution in [1.29, 1.82) is 0 Å². The molecule has 0 unspecified atom stereocenters. The van der Waals surface area contributed by atoms with Crippen LogP contribution in [0, 0.1) is 0 Å². The van der Waals surface area contributed by atoms with Crippen molar-refractivity contribution in [3.05, 3.63) is 36.2 Å². The number of aryl methyl sites for hydroxylation is 2. The number of tetrazole rings is 1. The molecule has 1 heterocycles. The summed E-state index contributed by atoms with van der Waals surface area (Å²) in [5, 5.41) is 15.8. The van der Waals surface area contributed by atoms with Gasteiger partial charge >= 0.3 is 0 Å². The normalized spacial score (nSPS) is 11.6. The Labute approximate surface area is 98.3 Å². The lowest BCUT2D eigenvalue weighted by Crippen LogP contribution is -2.12. The monoisotopic (exact) mass is 253 g/mol. The zero-order chi connectivity index (χ0) is 12.3. The molecule has 17 heavy (non-hydrogen) atoms. The van der Waals surface area contributed by atoms with Crippen molar-refractivity contribution >= 4 is 10.0 Å². The van der Waals surface area contributed by atoms with Gasteiger partial charge in [-0.05, 0) is 34.5 Å². The number of primary sulfonamides is 1. The number of nitrogens with zero attached hydrogens (tertiary/aromatic N) is 4. The Hall–Kier alpha value is -1.80. The summed E-state index contributed by atoms with van der Waals surface area (Å²) in [6, 6.07) is 6.43. The SMILES string of the molecule is NS(=O)(=O)c1ccc(CCn2cnnn2)cc1. The first kappa shape index (κ1) is 11.7. The Morgan fingerprint density at radius 1 is 1.24 bits per heavy atom. The molecule has 0 radical (unpaired) electrons. The van der Waals surface area contributed by atoms with Crippen LogP contribution in [-0.4, -0.2) is 28.6 Å². The lowest BCUT2D eigenvalue weighted by Gasteiger charge is -2.02. The highest BCUT2D eigenvalue weighted by Crippen LogP contribution is 2.09. The molecule has 2 N–H and O–H groups in total. The Kier molecular flexibility index (Phi) is 3.16. The lowest BCUT2D eigenvalue weighted by atomic mass is 10.1. The summed E-state index contributed by atoms with van der Waals surface area (Å²) >= 11 is 0. The van der Waals surface area contributed by atoms with Gasteiger partial charge in [0.25, 0.3) is 0 Å². The smallest absolute Gasteiger partial charge is 0.232 e. The van der Waals surface area contributed by atoms with Crippen LogP contribution in [0.5, 0.6) is 0 Å². The maximum absolute atomic E-state index is 11.0. The van der Waals surface area contributed by atoms with E-state index in [0.717, 1.165) is 12.0 Å². The van der Waals surface area contributed by atoms with Crippen LogP contribution in [-0.2, 0) is 23.0 Å². The van der Waals surface area contributed by atoms with Crippen molar-refractivity contribution < 1.29 is 8.42 Å². The standard InChI is InChI=1S/C9H11N5O2S/c10-17(15,16)9-3-1-8(2-4-9)5-6-14-7-11-12-13-14/h1-4,7H,5-6H2,(H2,10,15,16). The maximum Gasteiger partial charge on any atom is 0.238 e. The van der Waals surface area contributed by atoms with Gasteiger partial charge < -0.3 is 0 Å². The molecule has 90 valence electrons. The van der Waals surface area contributed by atoms with E-state index < -0.39 is 10.0 Å². The molecule has 0 atom stereocenters. The quantitative estimate of drug-likeness (QED) is 0.795. The van der Waals surface area contributed by atoms with Crippen molar-refractivity contribution in [3.63, 3.8) is 0 Å². The third kappa shape index (κ3) is 3.08. The molecule has 0 fully saturated rings. The van der Waals surface area contributed by atoms with E-state index in [1.54, 1.807) is 16.8 Å². The molecule has 0 saturated heterocycles. The maximum atomic E-state index is 11.0. The minimum Gasteiger partial charge on any atom is -0.232 e. The fourth-order valence-electron chi connectivity index (χ4n) is 1.37. The number of aromatic nitrogens is 4. The first-order valence-corrected chi connectivity index (χ1v) is 6.43. The minimum absolute atomic E-state index is 0.115. The van der Waals surface area contributed by atoms with Crippen LogP contribution in [0.25, 0.3) is 0 Å². The molecule has 8 heteroatoms. The Balaban J connectivity index is 2.04. The van der Waals surface area contributed by atoms with Crippen molar-refractivity contribution in [3.8, 4) is 0 Å². The largest absolute Gasteiger partial charge is 0.238 e. The topological polar surface area (TPSA) is 104 Å². The highest BCUT2D eigenvalue weighted by molar-refractivity contribution is 7.89. The van der Waals surface area contributed by atoms with Crippen molar-refractivity contribution in [2.45, 2.75) is 17.9 Å². The second-order valence-electron chi connectivity index (χ2n) is 3.51. The Bertz CT molecular complexity index is 576. The van der Waals surface area contributed by atoms with Crippen LogP contribution in [0.15, 0.2) is 35.5 Å². The molecule has 0 bridgehead atoms. The summed E-state index contributed by atoms with van der Waals surface area (Å²) in [7, 11) is -3.62. The second-order valence-corrected chi connectivity index (χ2v) is 5.07. The van der Waals surface area contributed by atoms with Gasteiger partial charge in [0.2, 0.25) is 10.0 Å². The summed E-state index contributed by atoms with van der Waals surface area (Å²) in [4.78, 5) is 0.115. The van der Waals surface area contributed by atoms with Gasteiger partial charge in [-0.3, -0.25) is 0 Å². The van der Waals surface area contributed by atoms with E-state index in [1.807, 2.05) is 0 Å². The van der Waals surface area contributed by atoms with Crippen LogP contribution in [0.2, 0.25) is 0 Å². The van der Waals surface area contributed by atoms with Gasteiger partial charge in [0.15, 0.2) is 0 Å². The predicted octanol–water partition coefficient (Wildman–Crippen LogP) is -0.437. The van der Waals surface area contributed by atoms with Crippen LogP contribution in [0.4, 0.5) is 0 Å². The Morgan fingerprint density at radius 3 is 2.47 bits per heavy atom. The third-order valence-electron chi connectivity index (χ3n) is 2.27. The number of hydrogen-bond donors (Lipinski definition) is 1.